The largest absolute Gasteiger partial charge is 0.455 e. The Morgan fingerprint density at radius 2 is 1.34 bits per heavy atom. The number of fused-ring (bicyclic) bond motifs is 2. The van der Waals surface area contributed by atoms with Gasteiger partial charge in [0.2, 0.25) is 0 Å². The molecule has 0 amide bonds. The molecule has 1 aliphatic carbocycles. The van der Waals surface area contributed by atoms with Gasteiger partial charge in [0.25, 0.3) is 9.05 Å². The Hall–Kier alpha value is -4.14. The maximum Gasteiger partial charge on any atom is 0.261 e. The molecule has 5 rings (SSSR count). The first-order chi connectivity index (χ1) is 16.7. The number of halogens is 1. The van der Waals surface area contributed by atoms with Crippen molar-refractivity contribution < 1.29 is 22.7 Å². The minimum absolute atomic E-state index is 0.000469. The van der Waals surface area contributed by atoms with Crippen molar-refractivity contribution in [3.8, 4) is 11.5 Å². The fraction of sp³-hybridized carbons (Fsp3) is 0. The molecular weight excluding hydrogens is 488 g/mol. The highest BCUT2D eigenvalue weighted by Crippen LogP contribution is 2.43. The molecule has 4 aromatic rings. The number of carbonyl (C=O) groups excluding carboxylic acids is 2. The second kappa shape index (κ2) is 8.57. The number of nitrogens with one attached hydrogen (secondary N) is 1. The number of hydrogen-bond donors (Lipinski definition) is 2. The van der Waals surface area contributed by atoms with Crippen molar-refractivity contribution in [1.29, 1.82) is 0 Å². The van der Waals surface area contributed by atoms with Crippen LogP contribution < -0.4 is 15.8 Å². The second-order valence-corrected chi connectivity index (χ2v) is 10.4. The number of nitrogens with two attached hydrogens (primary N) is 1. The van der Waals surface area contributed by atoms with E-state index in [1.807, 2.05) is 30.3 Å². The lowest BCUT2D eigenvalue weighted by molar-refractivity contribution is 0.0980. The van der Waals surface area contributed by atoms with Gasteiger partial charge in [-0.15, -0.1) is 0 Å². The average molecular weight is 505 g/mol. The normalized spacial score (nSPS) is 12.6. The molecule has 0 unspecified atom stereocenters. The molecule has 0 atom stereocenters. The van der Waals surface area contributed by atoms with Crippen LogP contribution in [0.1, 0.15) is 31.8 Å². The molecule has 0 aliphatic heterocycles. The van der Waals surface area contributed by atoms with Gasteiger partial charge in [-0.1, -0.05) is 42.5 Å². The minimum Gasteiger partial charge on any atom is -0.455 e. The van der Waals surface area contributed by atoms with Crippen molar-refractivity contribution in [1.82, 2.24) is 0 Å². The van der Waals surface area contributed by atoms with E-state index in [0.717, 1.165) is 0 Å². The number of ketones is 2. The molecule has 0 saturated carbocycles. The van der Waals surface area contributed by atoms with Crippen LogP contribution in [0.25, 0.3) is 0 Å². The highest BCUT2D eigenvalue weighted by atomic mass is 35.7. The number of anilines is 3. The van der Waals surface area contributed by atoms with Crippen molar-refractivity contribution in [3.05, 3.63) is 107 Å². The summed E-state index contributed by atoms with van der Waals surface area (Å²) in [7, 11) is 1.48. The van der Waals surface area contributed by atoms with Crippen molar-refractivity contribution >= 4 is 48.4 Å². The van der Waals surface area contributed by atoms with E-state index in [1.165, 1.54) is 24.3 Å². The number of ether oxygens (including phenoxy) is 1. The SMILES string of the molecule is Nc1c(Oc2ccc(S(=O)(=O)Cl)cc2)cc(Nc2ccccc2)c2c1C(=O)c1ccccc1C2=O. The van der Waals surface area contributed by atoms with Crippen LogP contribution in [0.15, 0.2) is 89.8 Å². The summed E-state index contributed by atoms with van der Waals surface area (Å²) in [6.07, 6.45) is 0. The van der Waals surface area contributed by atoms with E-state index in [0.29, 0.717) is 16.9 Å². The van der Waals surface area contributed by atoms with Crippen molar-refractivity contribution in [2.75, 3.05) is 11.1 Å². The molecule has 35 heavy (non-hydrogen) atoms. The Labute approximate surface area is 205 Å². The van der Waals surface area contributed by atoms with Crippen LogP contribution >= 0.6 is 10.7 Å². The van der Waals surface area contributed by atoms with Crippen LogP contribution in [0.4, 0.5) is 17.1 Å². The molecule has 0 heterocycles. The van der Waals surface area contributed by atoms with Gasteiger partial charge in [-0.2, -0.15) is 0 Å². The summed E-state index contributed by atoms with van der Waals surface area (Å²) in [5.41, 5.74) is 8.19. The Bertz CT molecular complexity index is 1600. The Morgan fingerprint density at radius 1 is 0.771 bits per heavy atom. The Balaban J connectivity index is 1.66. The van der Waals surface area contributed by atoms with Gasteiger partial charge >= 0.3 is 0 Å². The summed E-state index contributed by atoms with van der Waals surface area (Å²) in [5, 5.41) is 3.19. The predicted molar refractivity (Wildman–Crippen MR) is 133 cm³/mol. The fourth-order valence-corrected chi connectivity index (χ4v) is 4.72. The van der Waals surface area contributed by atoms with Crippen LogP contribution in [0.5, 0.6) is 11.5 Å². The fourth-order valence-electron chi connectivity index (χ4n) is 3.95. The quantitative estimate of drug-likeness (QED) is 0.239. The van der Waals surface area contributed by atoms with E-state index >= 15 is 0 Å². The summed E-state index contributed by atoms with van der Waals surface area (Å²) >= 11 is 0. The molecule has 0 radical (unpaired) electrons. The number of rotatable bonds is 5. The van der Waals surface area contributed by atoms with Gasteiger partial charge in [-0.05, 0) is 36.4 Å². The molecule has 3 N–H and O–H groups in total. The highest BCUT2D eigenvalue weighted by Gasteiger charge is 2.35. The number of carbonyl (C=O) groups is 2. The van der Waals surface area contributed by atoms with Gasteiger partial charge in [0.15, 0.2) is 17.3 Å². The van der Waals surface area contributed by atoms with Crippen molar-refractivity contribution in [2.45, 2.75) is 4.90 Å². The molecule has 0 aromatic heterocycles. The standard InChI is InChI=1S/C26H17ClN2O5S/c27-35(32,33)17-12-10-16(11-13-17)34-21-14-20(29-15-6-2-1-3-7-15)22-23(24(21)28)26(31)19-9-5-4-8-18(19)25(22)30/h1-14,29H,28H2. The first-order valence-corrected chi connectivity index (χ1v) is 12.7. The van der Waals surface area contributed by atoms with Crippen molar-refractivity contribution in [3.63, 3.8) is 0 Å². The summed E-state index contributed by atoms with van der Waals surface area (Å²) in [6.45, 7) is 0. The zero-order valence-electron chi connectivity index (χ0n) is 18.0. The average Bonchev–Trinajstić information content (AvgIpc) is 2.85. The van der Waals surface area contributed by atoms with Crippen LogP contribution in [-0.4, -0.2) is 20.0 Å². The second-order valence-electron chi connectivity index (χ2n) is 7.79. The molecule has 174 valence electrons. The third-order valence-corrected chi connectivity index (χ3v) is 6.96. The Morgan fingerprint density at radius 3 is 1.94 bits per heavy atom. The molecule has 0 bridgehead atoms. The van der Waals surface area contributed by atoms with Gasteiger partial charge < -0.3 is 15.8 Å². The summed E-state index contributed by atoms with van der Waals surface area (Å²) < 4.78 is 29.0. The van der Waals surface area contributed by atoms with Crippen LogP contribution in [-0.2, 0) is 9.05 Å². The van der Waals surface area contributed by atoms with Gasteiger partial charge in [0.1, 0.15) is 5.75 Å². The monoisotopic (exact) mass is 504 g/mol. The molecule has 7 nitrogen and oxygen atoms in total. The lowest BCUT2D eigenvalue weighted by atomic mass is 9.82. The van der Waals surface area contributed by atoms with Gasteiger partial charge in [0.05, 0.1) is 27.4 Å². The lowest BCUT2D eigenvalue weighted by Crippen LogP contribution is -2.24. The molecule has 1 aliphatic rings. The van der Waals surface area contributed by atoms with Gasteiger partial charge in [0, 0.05) is 33.6 Å². The molecule has 4 aromatic carbocycles. The van der Waals surface area contributed by atoms with E-state index < -0.39 is 14.8 Å². The predicted octanol–water partition coefficient (Wildman–Crippen LogP) is 5.51. The van der Waals surface area contributed by atoms with E-state index in [9.17, 15) is 18.0 Å². The third kappa shape index (κ3) is 4.14. The zero-order valence-corrected chi connectivity index (χ0v) is 19.6. The number of nitrogen functional groups attached to an aromatic ring is 1. The molecule has 0 fully saturated rings. The topological polar surface area (TPSA) is 116 Å². The summed E-state index contributed by atoms with van der Waals surface area (Å²) in [5.74, 6) is -0.327. The van der Waals surface area contributed by atoms with Crippen LogP contribution in [0.2, 0.25) is 0 Å². The Kier molecular flexibility index (Phi) is 5.55. The smallest absolute Gasteiger partial charge is 0.261 e. The zero-order chi connectivity index (χ0) is 24.7. The number of para-hydroxylation sites is 1. The first kappa shape index (κ1) is 22.6. The maximum absolute atomic E-state index is 13.5. The minimum atomic E-state index is -3.90. The van der Waals surface area contributed by atoms with Gasteiger partial charge in [-0.3, -0.25) is 9.59 Å². The summed E-state index contributed by atoms with van der Waals surface area (Å²) in [6, 6.07) is 22.7. The maximum atomic E-state index is 13.5. The lowest BCUT2D eigenvalue weighted by Gasteiger charge is -2.24. The number of hydrogen-bond acceptors (Lipinski definition) is 7. The first-order valence-electron chi connectivity index (χ1n) is 10.4. The van der Waals surface area contributed by atoms with E-state index in [2.05, 4.69) is 5.32 Å². The molecule has 9 heteroatoms. The number of benzene rings is 4. The van der Waals surface area contributed by atoms with Crippen molar-refractivity contribution in [2.24, 2.45) is 0 Å². The van der Waals surface area contributed by atoms with E-state index in [1.54, 1.807) is 30.3 Å². The van der Waals surface area contributed by atoms with E-state index in [4.69, 9.17) is 21.2 Å². The molecular formula is C26H17ClN2O5S. The van der Waals surface area contributed by atoms with Crippen LogP contribution in [0.3, 0.4) is 0 Å². The third-order valence-electron chi connectivity index (χ3n) is 5.59. The summed E-state index contributed by atoms with van der Waals surface area (Å²) in [4.78, 5) is 26.8. The van der Waals surface area contributed by atoms with Crippen LogP contribution in [0, 0.1) is 0 Å². The molecule has 0 spiro atoms. The van der Waals surface area contributed by atoms with Gasteiger partial charge in [-0.25, -0.2) is 8.42 Å². The van der Waals surface area contributed by atoms with E-state index in [-0.39, 0.29) is 44.6 Å². The molecule has 0 saturated heterocycles. The highest BCUT2D eigenvalue weighted by molar-refractivity contribution is 8.13.